The summed E-state index contributed by atoms with van der Waals surface area (Å²) in [6.45, 7) is 2.60. The fraction of sp³-hybridized carbons (Fsp3) is 0.316. The van der Waals surface area contributed by atoms with Crippen LogP contribution in [0.1, 0.15) is 35.0 Å². The van der Waals surface area contributed by atoms with Gasteiger partial charge in [0.25, 0.3) is 5.91 Å². The van der Waals surface area contributed by atoms with Gasteiger partial charge >= 0.3 is 0 Å². The molecule has 1 aromatic carbocycles. The predicted octanol–water partition coefficient (Wildman–Crippen LogP) is 2.43. The Hall–Kier alpha value is -2.93. The Balaban J connectivity index is 1.42. The number of aromatic nitrogens is 3. The highest BCUT2D eigenvalue weighted by atomic mass is 16.3. The van der Waals surface area contributed by atoms with Crippen LogP contribution in [0.3, 0.4) is 0 Å². The zero-order valence-electron chi connectivity index (χ0n) is 14.4. The summed E-state index contributed by atoms with van der Waals surface area (Å²) >= 11 is 0. The molecule has 7 heteroatoms. The van der Waals surface area contributed by atoms with Crippen molar-refractivity contribution in [2.75, 3.05) is 19.6 Å². The summed E-state index contributed by atoms with van der Waals surface area (Å²) in [7, 11) is 0. The fourth-order valence-electron chi connectivity index (χ4n) is 3.34. The molecule has 0 unspecified atom stereocenters. The maximum atomic E-state index is 12.5. The van der Waals surface area contributed by atoms with Crippen LogP contribution < -0.4 is 5.32 Å². The topological polar surface area (TPSA) is 76.2 Å². The van der Waals surface area contributed by atoms with Gasteiger partial charge in [-0.15, -0.1) is 0 Å². The molecule has 1 N–H and O–H groups in total. The van der Waals surface area contributed by atoms with E-state index in [1.807, 2.05) is 24.3 Å². The van der Waals surface area contributed by atoms with Crippen LogP contribution in [0.2, 0.25) is 0 Å². The zero-order valence-corrected chi connectivity index (χ0v) is 14.4. The molecule has 3 heterocycles. The minimum atomic E-state index is -0.0918. The molecule has 0 aliphatic carbocycles. The minimum absolute atomic E-state index is 0.0749. The molecular weight excluding hydrogens is 330 g/mol. The second-order valence-electron chi connectivity index (χ2n) is 6.37. The van der Waals surface area contributed by atoms with Crippen molar-refractivity contribution in [1.29, 1.82) is 0 Å². The molecular formula is C19H21N5O2. The third-order valence-electron chi connectivity index (χ3n) is 4.72. The van der Waals surface area contributed by atoms with Crippen LogP contribution in [-0.4, -0.2) is 45.2 Å². The Bertz CT molecular complexity index is 821. The van der Waals surface area contributed by atoms with Gasteiger partial charge < -0.3 is 9.73 Å². The van der Waals surface area contributed by atoms with Crippen LogP contribution >= 0.6 is 0 Å². The largest absolute Gasteiger partial charge is 0.468 e. The van der Waals surface area contributed by atoms with Gasteiger partial charge in [-0.25, -0.2) is 9.67 Å². The molecule has 1 atom stereocenters. The number of likely N-dealkylation sites (tertiary alicyclic amines) is 1. The first-order valence-corrected chi connectivity index (χ1v) is 8.82. The van der Waals surface area contributed by atoms with Crippen LogP contribution in [0.15, 0.2) is 59.7 Å². The molecule has 1 aliphatic rings. The smallest absolute Gasteiger partial charge is 0.251 e. The van der Waals surface area contributed by atoms with Crippen molar-refractivity contribution in [3.05, 3.63) is 66.6 Å². The molecule has 0 saturated carbocycles. The van der Waals surface area contributed by atoms with Crippen molar-refractivity contribution in [2.45, 2.75) is 18.9 Å². The van der Waals surface area contributed by atoms with E-state index in [4.69, 9.17) is 4.42 Å². The lowest BCUT2D eigenvalue weighted by molar-refractivity contribution is 0.0934. The van der Waals surface area contributed by atoms with Crippen molar-refractivity contribution in [2.24, 2.45) is 0 Å². The summed E-state index contributed by atoms with van der Waals surface area (Å²) in [5.74, 6) is 0.805. The number of nitrogens with zero attached hydrogens (tertiary/aromatic N) is 4. The van der Waals surface area contributed by atoms with Crippen molar-refractivity contribution in [3.8, 4) is 5.69 Å². The van der Waals surface area contributed by atoms with E-state index in [9.17, 15) is 4.79 Å². The molecule has 1 aliphatic heterocycles. The summed E-state index contributed by atoms with van der Waals surface area (Å²) in [6.07, 6.45) is 7.17. The Morgan fingerprint density at radius 2 is 2.00 bits per heavy atom. The Kier molecular flexibility index (Phi) is 4.79. The standard InChI is InChI=1S/C19H21N5O2/c25-19(15-5-7-16(8-6-15)24-14-20-13-22-24)21-12-17(18-4-3-11-26-18)23-9-1-2-10-23/h3-8,11,13-14,17H,1-2,9-10,12H2,(H,21,25)/t17-/m0/s1. The lowest BCUT2D eigenvalue weighted by Crippen LogP contribution is -2.36. The summed E-state index contributed by atoms with van der Waals surface area (Å²) in [4.78, 5) is 18.8. The van der Waals surface area contributed by atoms with Crippen LogP contribution in [-0.2, 0) is 0 Å². The van der Waals surface area contributed by atoms with E-state index in [1.165, 1.54) is 19.2 Å². The van der Waals surface area contributed by atoms with Gasteiger partial charge in [-0.2, -0.15) is 5.10 Å². The van der Waals surface area contributed by atoms with Gasteiger partial charge in [0.15, 0.2) is 0 Å². The van der Waals surface area contributed by atoms with Gasteiger partial charge in [0.2, 0.25) is 0 Å². The third-order valence-corrected chi connectivity index (χ3v) is 4.72. The van der Waals surface area contributed by atoms with E-state index in [0.29, 0.717) is 12.1 Å². The van der Waals surface area contributed by atoms with Gasteiger partial charge in [0.05, 0.1) is 18.0 Å². The van der Waals surface area contributed by atoms with Crippen LogP contribution in [0.5, 0.6) is 0 Å². The minimum Gasteiger partial charge on any atom is -0.468 e. The molecule has 2 aromatic heterocycles. The maximum Gasteiger partial charge on any atom is 0.251 e. The van der Waals surface area contributed by atoms with E-state index in [2.05, 4.69) is 20.3 Å². The number of benzene rings is 1. The maximum absolute atomic E-state index is 12.5. The van der Waals surface area contributed by atoms with Crippen LogP contribution in [0.4, 0.5) is 0 Å². The Morgan fingerprint density at radius 1 is 1.19 bits per heavy atom. The van der Waals surface area contributed by atoms with Crippen molar-refractivity contribution >= 4 is 5.91 Å². The average Bonchev–Trinajstić information content (AvgIpc) is 3.45. The Labute approximate surface area is 151 Å². The predicted molar refractivity (Wildman–Crippen MR) is 95.9 cm³/mol. The monoisotopic (exact) mass is 351 g/mol. The quantitative estimate of drug-likeness (QED) is 0.738. The number of rotatable bonds is 6. The van der Waals surface area contributed by atoms with Gasteiger partial charge in [-0.05, 0) is 62.3 Å². The first-order valence-electron chi connectivity index (χ1n) is 8.82. The summed E-state index contributed by atoms with van der Waals surface area (Å²) in [5.41, 5.74) is 1.48. The number of carbonyl (C=O) groups is 1. The number of nitrogens with one attached hydrogen (secondary N) is 1. The normalized spacial score (nSPS) is 15.8. The number of carbonyl (C=O) groups excluding carboxylic acids is 1. The van der Waals surface area contributed by atoms with E-state index >= 15 is 0 Å². The molecule has 0 bridgehead atoms. The first-order chi connectivity index (χ1) is 12.8. The van der Waals surface area contributed by atoms with Gasteiger partial charge in [-0.1, -0.05) is 0 Å². The average molecular weight is 351 g/mol. The molecule has 26 heavy (non-hydrogen) atoms. The number of hydrogen-bond donors (Lipinski definition) is 1. The molecule has 4 rings (SSSR count). The lowest BCUT2D eigenvalue weighted by atomic mass is 10.1. The second-order valence-corrected chi connectivity index (χ2v) is 6.37. The molecule has 1 amide bonds. The highest BCUT2D eigenvalue weighted by Gasteiger charge is 2.26. The van der Waals surface area contributed by atoms with Gasteiger partial charge in [0, 0.05) is 12.1 Å². The highest BCUT2D eigenvalue weighted by molar-refractivity contribution is 5.94. The molecule has 1 fully saturated rings. The van der Waals surface area contributed by atoms with E-state index in [1.54, 1.807) is 29.4 Å². The fourth-order valence-corrected chi connectivity index (χ4v) is 3.34. The first kappa shape index (κ1) is 16.5. The van der Waals surface area contributed by atoms with Crippen molar-refractivity contribution in [1.82, 2.24) is 25.0 Å². The molecule has 7 nitrogen and oxygen atoms in total. The second kappa shape index (κ2) is 7.53. The van der Waals surface area contributed by atoms with Crippen LogP contribution in [0.25, 0.3) is 5.69 Å². The van der Waals surface area contributed by atoms with Gasteiger partial charge in [-0.3, -0.25) is 9.69 Å². The summed E-state index contributed by atoms with van der Waals surface area (Å²) < 4.78 is 7.25. The SMILES string of the molecule is O=C(NC[C@@H](c1ccco1)N1CCCC1)c1ccc(-n2cncn2)cc1. The van der Waals surface area contributed by atoms with E-state index in [-0.39, 0.29) is 11.9 Å². The zero-order chi connectivity index (χ0) is 17.8. The van der Waals surface area contributed by atoms with Gasteiger partial charge in [0.1, 0.15) is 18.4 Å². The molecule has 0 spiro atoms. The molecule has 1 saturated heterocycles. The van der Waals surface area contributed by atoms with E-state index in [0.717, 1.165) is 24.5 Å². The highest BCUT2D eigenvalue weighted by Crippen LogP contribution is 2.25. The number of amides is 1. The van der Waals surface area contributed by atoms with Crippen molar-refractivity contribution in [3.63, 3.8) is 0 Å². The van der Waals surface area contributed by atoms with E-state index < -0.39 is 0 Å². The molecule has 134 valence electrons. The third kappa shape index (κ3) is 3.52. The van der Waals surface area contributed by atoms with Crippen molar-refractivity contribution < 1.29 is 9.21 Å². The Morgan fingerprint density at radius 3 is 2.65 bits per heavy atom. The number of furan rings is 1. The number of hydrogen-bond acceptors (Lipinski definition) is 5. The lowest BCUT2D eigenvalue weighted by Gasteiger charge is -2.26. The molecule has 0 radical (unpaired) electrons. The summed E-state index contributed by atoms with van der Waals surface area (Å²) in [5, 5.41) is 7.13. The summed E-state index contributed by atoms with van der Waals surface area (Å²) in [6, 6.07) is 11.2. The van der Waals surface area contributed by atoms with Crippen LogP contribution in [0, 0.1) is 0 Å². The molecule has 3 aromatic rings.